The van der Waals surface area contributed by atoms with Crippen LogP contribution < -0.4 is 9.62 Å². The molecule has 3 aromatic rings. The van der Waals surface area contributed by atoms with Crippen molar-refractivity contribution in [3.8, 4) is 0 Å². The maximum Gasteiger partial charge on any atom is 0.416 e. The quantitative estimate of drug-likeness (QED) is 0.212. The van der Waals surface area contributed by atoms with Crippen LogP contribution in [0.25, 0.3) is 0 Å². The van der Waals surface area contributed by atoms with Gasteiger partial charge in [-0.15, -0.1) is 0 Å². The fraction of sp³-hybridized carbons (Fsp3) is 0.333. The SMILES string of the molecule is CC[C@H](C(=O)N[C@@H](C)CC)N(Cc1ccc(Cl)c(Cl)c1)C(=O)CN(c1cc(C(F)(F)F)ccc1Cl)S(=O)(=O)c1ccccc1. The van der Waals surface area contributed by atoms with E-state index in [1.807, 2.05) is 6.92 Å². The molecule has 3 rings (SSSR count). The minimum atomic E-state index is -4.83. The van der Waals surface area contributed by atoms with Crippen LogP contribution in [0.1, 0.15) is 44.7 Å². The number of carbonyl (C=O) groups is 2. The van der Waals surface area contributed by atoms with E-state index in [0.29, 0.717) is 28.4 Å². The Bertz CT molecular complexity index is 1590. The van der Waals surface area contributed by atoms with Crippen LogP contribution in [-0.2, 0) is 32.3 Å². The van der Waals surface area contributed by atoms with E-state index >= 15 is 0 Å². The third kappa shape index (κ3) is 8.59. The number of benzene rings is 3. The second kappa shape index (κ2) is 14.9. The summed E-state index contributed by atoms with van der Waals surface area (Å²) in [5.41, 5.74) is -1.23. The molecule has 238 valence electrons. The zero-order chi connectivity index (χ0) is 32.8. The molecule has 2 amide bonds. The highest BCUT2D eigenvalue weighted by Gasteiger charge is 2.37. The number of nitrogens with zero attached hydrogens (tertiary/aromatic N) is 2. The highest BCUT2D eigenvalue weighted by Crippen LogP contribution is 2.37. The zero-order valence-corrected chi connectivity index (χ0v) is 27.1. The van der Waals surface area contributed by atoms with E-state index in [9.17, 15) is 31.2 Å². The number of amides is 2. The standard InChI is InChI=1S/C30H31Cl3F3N3O4S/c1-4-19(3)37-29(41)26(5-2)38(17-20-11-13-23(31)25(33)15-20)28(40)18-39(44(42,43)22-9-7-6-8-10-22)27-16-21(30(34,35)36)12-14-24(27)32/h6-16,19,26H,4-5,17-18H2,1-3H3,(H,37,41)/t19-,26+/m0/s1. The van der Waals surface area contributed by atoms with Crippen molar-refractivity contribution in [1.82, 2.24) is 10.2 Å². The first-order valence-electron chi connectivity index (χ1n) is 13.6. The lowest BCUT2D eigenvalue weighted by Crippen LogP contribution is -2.53. The topological polar surface area (TPSA) is 86.8 Å². The van der Waals surface area contributed by atoms with Gasteiger partial charge in [0.2, 0.25) is 11.8 Å². The van der Waals surface area contributed by atoms with E-state index in [-0.39, 0.29) is 39.0 Å². The minimum absolute atomic E-state index is 0.144. The Balaban J connectivity index is 2.17. The largest absolute Gasteiger partial charge is 0.416 e. The van der Waals surface area contributed by atoms with E-state index in [4.69, 9.17) is 34.8 Å². The van der Waals surface area contributed by atoms with Gasteiger partial charge in [-0.25, -0.2) is 8.42 Å². The molecule has 0 saturated carbocycles. The van der Waals surface area contributed by atoms with Crippen molar-refractivity contribution in [2.24, 2.45) is 0 Å². The molecule has 0 unspecified atom stereocenters. The lowest BCUT2D eigenvalue weighted by atomic mass is 10.1. The number of anilines is 1. The molecule has 44 heavy (non-hydrogen) atoms. The minimum Gasteiger partial charge on any atom is -0.352 e. The Morgan fingerprint density at radius 2 is 1.52 bits per heavy atom. The summed E-state index contributed by atoms with van der Waals surface area (Å²) >= 11 is 18.5. The summed E-state index contributed by atoms with van der Waals surface area (Å²) in [6, 6.07) is 12.4. The molecule has 0 radical (unpaired) electrons. The van der Waals surface area contributed by atoms with E-state index in [1.165, 1.54) is 41.3 Å². The predicted octanol–water partition coefficient (Wildman–Crippen LogP) is 7.58. The van der Waals surface area contributed by atoms with Crippen molar-refractivity contribution in [3.05, 3.63) is 92.9 Å². The number of hydrogen-bond acceptors (Lipinski definition) is 4. The molecule has 2 atom stereocenters. The first kappa shape index (κ1) is 35.5. The second-order valence-electron chi connectivity index (χ2n) is 10.0. The molecule has 0 bridgehead atoms. The predicted molar refractivity (Wildman–Crippen MR) is 166 cm³/mol. The number of halogens is 6. The number of rotatable bonds is 12. The van der Waals surface area contributed by atoms with Crippen molar-refractivity contribution >= 4 is 62.3 Å². The first-order chi connectivity index (χ1) is 20.6. The van der Waals surface area contributed by atoms with E-state index in [1.54, 1.807) is 26.0 Å². The number of carbonyl (C=O) groups excluding carboxylic acids is 2. The van der Waals surface area contributed by atoms with Crippen molar-refractivity contribution in [2.75, 3.05) is 10.8 Å². The van der Waals surface area contributed by atoms with Crippen molar-refractivity contribution < 1.29 is 31.2 Å². The molecule has 0 aliphatic carbocycles. The molecule has 0 spiro atoms. The molecular formula is C30H31Cl3F3N3O4S. The van der Waals surface area contributed by atoms with Gasteiger partial charge in [-0.05, 0) is 67.8 Å². The Morgan fingerprint density at radius 3 is 2.09 bits per heavy atom. The van der Waals surface area contributed by atoms with Crippen LogP contribution in [0.4, 0.5) is 18.9 Å². The van der Waals surface area contributed by atoms with Crippen LogP contribution in [0.5, 0.6) is 0 Å². The summed E-state index contributed by atoms with van der Waals surface area (Å²) in [6.45, 7) is 4.19. The second-order valence-corrected chi connectivity index (χ2v) is 13.1. The number of alkyl halides is 3. The van der Waals surface area contributed by atoms with Crippen LogP contribution in [0.15, 0.2) is 71.6 Å². The maximum atomic E-state index is 14.1. The van der Waals surface area contributed by atoms with Crippen molar-refractivity contribution in [3.63, 3.8) is 0 Å². The van der Waals surface area contributed by atoms with Gasteiger partial charge in [0, 0.05) is 12.6 Å². The molecule has 14 heteroatoms. The summed E-state index contributed by atoms with van der Waals surface area (Å²) in [7, 11) is -4.63. The van der Waals surface area contributed by atoms with Gasteiger partial charge in [0.15, 0.2) is 0 Å². The molecular weight excluding hydrogens is 662 g/mol. The van der Waals surface area contributed by atoms with Crippen LogP contribution >= 0.6 is 34.8 Å². The van der Waals surface area contributed by atoms with Crippen LogP contribution in [0.2, 0.25) is 15.1 Å². The third-order valence-electron chi connectivity index (χ3n) is 6.88. The van der Waals surface area contributed by atoms with Crippen LogP contribution in [-0.4, -0.2) is 43.8 Å². The molecule has 3 aromatic carbocycles. The Hall–Kier alpha value is -2.99. The third-order valence-corrected chi connectivity index (χ3v) is 9.71. The monoisotopic (exact) mass is 691 g/mol. The van der Waals surface area contributed by atoms with E-state index < -0.39 is 51.9 Å². The lowest BCUT2D eigenvalue weighted by molar-refractivity contribution is -0.140. The highest BCUT2D eigenvalue weighted by atomic mass is 35.5. The van der Waals surface area contributed by atoms with Gasteiger partial charge in [0.05, 0.1) is 31.2 Å². The summed E-state index contributed by atoms with van der Waals surface area (Å²) in [5.74, 6) is -1.35. The molecule has 0 heterocycles. The molecule has 0 saturated heterocycles. The normalized spacial score (nSPS) is 13.2. The molecule has 0 aromatic heterocycles. The van der Waals surface area contributed by atoms with E-state index in [2.05, 4.69) is 5.32 Å². The van der Waals surface area contributed by atoms with Crippen LogP contribution in [0.3, 0.4) is 0 Å². The van der Waals surface area contributed by atoms with Gasteiger partial charge >= 0.3 is 6.18 Å². The molecule has 7 nitrogen and oxygen atoms in total. The fourth-order valence-electron chi connectivity index (χ4n) is 4.31. The first-order valence-corrected chi connectivity index (χ1v) is 16.2. The molecule has 0 aliphatic heterocycles. The van der Waals surface area contributed by atoms with Gasteiger partial charge in [-0.2, -0.15) is 13.2 Å². The Morgan fingerprint density at radius 1 is 0.886 bits per heavy atom. The van der Waals surface area contributed by atoms with Gasteiger partial charge in [0.25, 0.3) is 10.0 Å². The number of sulfonamides is 1. The summed E-state index contributed by atoms with van der Waals surface area (Å²) < 4.78 is 69.4. The molecule has 0 aliphatic rings. The zero-order valence-electron chi connectivity index (χ0n) is 24.0. The van der Waals surface area contributed by atoms with Crippen molar-refractivity contribution in [1.29, 1.82) is 0 Å². The van der Waals surface area contributed by atoms with Gasteiger partial charge in [-0.3, -0.25) is 13.9 Å². The van der Waals surface area contributed by atoms with Gasteiger partial charge < -0.3 is 10.2 Å². The maximum absolute atomic E-state index is 14.1. The summed E-state index contributed by atoms with van der Waals surface area (Å²) in [6.07, 6.45) is -4.07. The van der Waals surface area contributed by atoms with Crippen LogP contribution in [0, 0.1) is 0 Å². The van der Waals surface area contributed by atoms with E-state index in [0.717, 1.165) is 6.07 Å². The Kier molecular flexibility index (Phi) is 12.0. The fourth-order valence-corrected chi connectivity index (χ4v) is 6.34. The van der Waals surface area contributed by atoms with Gasteiger partial charge in [-0.1, -0.05) is 72.9 Å². The number of hydrogen-bond donors (Lipinski definition) is 1. The molecule has 0 fully saturated rings. The smallest absolute Gasteiger partial charge is 0.352 e. The molecule has 1 N–H and O–H groups in total. The van der Waals surface area contributed by atoms with Gasteiger partial charge in [0.1, 0.15) is 12.6 Å². The highest BCUT2D eigenvalue weighted by molar-refractivity contribution is 7.92. The summed E-state index contributed by atoms with van der Waals surface area (Å²) in [5, 5.41) is 2.96. The summed E-state index contributed by atoms with van der Waals surface area (Å²) in [4.78, 5) is 28.4. The number of nitrogens with one attached hydrogen (secondary N) is 1. The lowest BCUT2D eigenvalue weighted by Gasteiger charge is -2.34. The Labute approximate surface area is 269 Å². The van der Waals surface area contributed by atoms with Crippen molar-refractivity contribution in [2.45, 2.75) is 63.3 Å². The average Bonchev–Trinajstić information content (AvgIpc) is 2.97. The average molecular weight is 693 g/mol.